The second-order valence-electron chi connectivity index (χ2n) is 6.84. The number of benzene rings is 2. The first-order chi connectivity index (χ1) is 15.2. The molecular formula is C22H19FN4O3S. The Morgan fingerprint density at radius 3 is 2.61 bits per heavy atom. The van der Waals surface area contributed by atoms with Crippen molar-refractivity contribution in [2.75, 3.05) is 13.2 Å². The van der Waals surface area contributed by atoms with Gasteiger partial charge in [0.05, 0.1) is 17.6 Å². The van der Waals surface area contributed by atoms with Crippen LogP contribution < -0.4 is 9.47 Å². The van der Waals surface area contributed by atoms with Crippen molar-refractivity contribution in [1.82, 2.24) is 19.7 Å². The highest BCUT2D eigenvalue weighted by Crippen LogP contribution is 2.36. The minimum atomic E-state index is -0.303. The smallest absolute Gasteiger partial charge is 0.237 e. The molecule has 0 atom stereocenters. The van der Waals surface area contributed by atoms with Gasteiger partial charge >= 0.3 is 0 Å². The Balaban J connectivity index is 1.33. The van der Waals surface area contributed by atoms with Crippen molar-refractivity contribution in [2.24, 2.45) is 0 Å². The largest absolute Gasteiger partial charge is 0.486 e. The summed E-state index contributed by atoms with van der Waals surface area (Å²) in [5.74, 6) is 2.61. The molecule has 4 aromatic rings. The second-order valence-corrected chi connectivity index (χ2v) is 7.78. The molecule has 31 heavy (non-hydrogen) atoms. The molecule has 0 N–H and O–H groups in total. The third-order valence-electron chi connectivity index (χ3n) is 4.87. The number of rotatable bonds is 6. The van der Waals surface area contributed by atoms with Crippen LogP contribution in [0.15, 0.2) is 58.3 Å². The van der Waals surface area contributed by atoms with E-state index in [1.807, 2.05) is 24.4 Å². The minimum absolute atomic E-state index is 0.303. The van der Waals surface area contributed by atoms with E-state index in [0.29, 0.717) is 36.2 Å². The molecule has 0 aliphatic carbocycles. The van der Waals surface area contributed by atoms with Gasteiger partial charge in [-0.3, -0.25) is 0 Å². The van der Waals surface area contributed by atoms with Crippen LogP contribution in [-0.2, 0) is 12.3 Å². The van der Waals surface area contributed by atoms with Gasteiger partial charge in [0, 0.05) is 17.7 Å². The van der Waals surface area contributed by atoms with E-state index in [9.17, 15) is 4.39 Å². The normalized spacial score (nSPS) is 12.8. The molecule has 0 saturated carbocycles. The third-order valence-corrected chi connectivity index (χ3v) is 5.84. The van der Waals surface area contributed by atoms with E-state index in [-0.39, 0.29) is 5.82 Å². The summed E-state index contributed by atoms with van der Waals surface area (Å²) in [5, 5.41) is 4.85. The van der Waals surface area contributed by atoms with E-state index < -0.39 is 0 Å². The molecule has 9 heteroatoms. The van der Waals surface area contributed by atoms with Crippen LogP contribution in [0.4, 0.5) is 4.39 Å². The average Bonchev–Trinajstić information content (AvgIpc) is 3.44. The number of aromatic nitrogens is 4. The van der Waals surface area contributed by atoms with Crippen LogP contribution in [0.5, 0.6) is 11.5 Å². The molecular weight excluding hydrogens is 419 g/mol. The SMILES string of the molecule is CCn1c(-c2ccc3c(c2)OCCO3)cnc1SCc1nc(-c2ccc(F)cc2)no1. The Hall–Kier alpha value is -3.33. The highest BCUT2D eigenvalue weighted by Gasteiger charge is 2.17. The summed E-state index contributed by atoms with van der Waals surface area (Å²) in [7, 11) is 0. The van der Waals surface area contributed by atoms with Gasteiger partial charge in [0.1, 0.15) is 19.0 Å². The number of halogens is 1. The molecule has 2 aromatic carbocycles. The van der Waals surface area contributed by atoms with Crippen molar-refractivity contribution < 1.29 is 18.4 Å². The van der Waals surface area contributed by atoms with Gasteiger partial charge in [-0.05, 0) is 49.4 Å². The summed E-state index contributed by atoms with van der Waals surface area (Å²) in [4.78, 5) is 8.99. The number of imidazole rings is 1. The number of fused-ring (bicyclic) bond motifs is 1. The minimum Gasteiger partial charge on any atom is -0.486 e. The Kier molecular flexibility index (Phi) is 5.33. The standard InChI is InChI=1S/C22H19FN4O3S/c1-2-27-17(15-5-8-18-19(11-15)29-10-9-28-18)12-24-22(27)31-13-20-25-21(26-30-20)14-3-6-16(23)7-4-14/h3-8,11-12H,2,9-10,13H2,1H3. The van der Waals surface area contributed by atoms with E-state index in [4.69, 9.17) is 14.0 Å². The van der Waals surface area contributed by atoms with Crippen LogP contribution >= 0.6 is 11.8 Å². The zero-order valence-electron chi connectivity index (χ0n) is 16.7. The van der Waals surface area contributed by atoms with Crippen LogP contribution in [0, 0.1) is 5.82 Å². The molecule has 158 valence electrons. The maximum atomic E-state index is 13.1. The summed E-state index contributed by atoms with van der Waals surface area (Å²) in [6, 6.07) is 11.9. The molecule has 5 rings (SSSR count). The summed E-state index contributed by atoms with van der Waals surface area (Å²) in [6.45, 7) is 3.95. The first kappa shape index (κ1) is 19.6. The van der Waals surface area contributed by atoms with Crippen molar-refractivity contribution in [2.45, 2.75) is 24.4 Å². The van der Waals surface area contributed by atoms with Crippen LogP contribution in [0.3, 0.4) is 0 Å². The molecule has 0 amide bonds. The molecule has 2 aromatic heterocycles. The lowest BCUT2D eigenvalue weighted by molar-refractivity contribution is 0.171. The number of hydrogen-bond acceptors (Lipinski definition) is 7. The van der Waals surface area contributed by atoms with Gasteiger partial charge in [0.25, 0.3) is 0 Å². The van der Waals surface area contributed by atoms with Crippen LogP contribution in [0.25, 0.3) is 22.6 Å². The highest BCUT2D eigenvalue weighted by atomic mass is 32.2. The summed E-state index contributed by atoms with van der Waals surface area (Å²) >= 11 is 1.52. The predicted octanol–water partition coefficient (Wildman–Crippen LogP) is 4.82. The van der Waals surface area contributed by atoms with Gasteiger partial charge in [0.2, 0.25) is 11.7 Å². The molecule has 0 spiro atoms. The van der Waals surface area contributed by atoms with Gasteiger partial charge in [-0.15, -0.1) is 0 Å². The predicted molar refractivity (Wildman–Crippen MR) is 114 cm³/mol. The van der Waals surface area contributed by atoms with Crippen molar-refractivity contribution in [3.63, 3.8) is 0 Å². The van der Waals surface area contributed by atoms with Crippen LogP contribution in [0.1, 0.15) is 12.8 Å². The maximum absolute atomic E-state index is 13.1. The summed E-state index contributed by atoms with van der Waals surface area (Å²) in [5.41, 5.74) is 2.72. The molecule has 0 unspecified atom stereocenters. The Morgan fingerprint density at radius 2 is 1.81 bits per heavy atom. The van der Waals surface area contributed by atoms with E-state index in [1.165, 1.54) is 23.9 Å². The Labute approximate surface area is 182 Å². The lowest BCUT2D eigenvalue weighted by Gasteiger charge is -2.19. The van der Waals surface area contributed by atoms with Gasteiger partial charge in [-0.25, -0.2) is 9.37 Å². The number of thioether (sulfide) groups is 1. The molecule has 1 aliphatic rings. The first-order valence-electron chi connectivity index (χ1n) is 9.88. The van der Waals surface area contributed by atoms with E-state index >= 15 is 0 Å². The van der Waals surface area contributed by atoms with Crippen LogP contribution in [0.2, 0.25) is 0 Å². The lowest BCUT2D eigenvalue weighted by atomic mass is 10.1. The maximum Gasteiger partial charge on any atom is 0.237 e. The van der Waals surface area contributed by atoms with Gasteiger partial charge < -0.3 is 18.6 Å². The quantitative estimate of drug-likeness (QED) is 0.400. The lowest BCUT2D eigenvalue weighted by Crippen LogP contribution is -2.15. The van der Waals surface area contributed by atoms with Crippen molar-refractivity contribution >= 4 is 11.8 Å². The first-order valence-corrected chi connectivity index (χ1v) is 10.9. The van der Waals surface area contributed by atoms with E-state index in [1.54, 1.807) is 12.1 Å². The van der Waals surface area contributed by atoms with Gasteiger partial charge in [-0.1, -0.05) is 16.9 Å². The molecule has 3 heterocycles. The topological polar surface area (TPSA) is 75.2 Å². The fraction of sp³-hybridized carbons (Fsp3) is 0.227. The van der Waals surface area contributed by atoms with Gasteiger partial charge in [0.15, 0.2) is 16.7 Å². The zero-order chi connectivity index (χ0) is 21.2. The highest BCUT2D eigenvalue weighted by molar-refractivity contribution is 7.98. The average molecular weight is 438 g/mol. The Morgan fingerprint density at radius 1 is 1.03 bits per heavy atom. The van der Waals surface area contributed by atoms with Gasteiger partial charge in [-0.2, -0.15) is 4.98 Å². The van der Waals surface area contributed by atoms with E-state index in [2.05, 4.69) is 26.6 Å². The van der Waals surface area contributed by atoms with Crippen molar-refractivity contribution in [1.29, 1.82) is 0 Å². The molecule has 0 bridgehead atoms. The molecule has 0 saturated heterocycles. The zero-order valence-corrected chi connectivity index (χ0v) is 17.6. The van der Waals surface area contributed by atoms with Crippen molar-refractivity contribution in [3.05, 3.63) is 60.4 Å². The summed E-state index contributed by atoms with van der Waals surface area (Å²) < 4.78 is 31.9. The van der Waals surface area contributed by atoms with Crippen molar-refractivity contribution in [3.8, 4) is 34.1 Å². The number of ether oxygens (including phenoxy) is 2. The third kappa shape index (κ3) is 4.00. The van der Waals surface area contributed by atoms with E-state index in [0.717, 1.165) is 34.5 Å². The fourth-order valence-electron chi connectivity index (χ4n) is 3.37. The molecule has 0 radical (unpaired) electrons. The number of hydrogen-bond donors (Lipinski definition) is 0. The Bertz CT molecular complexity index is 1210. The second kappa shape index (κ2) is 8.43. The number of nitrogens with zero attached hydrogens (tertiary/aromatic N) is 4. The molecule has 1 aliphatic heterocycles. The summed E-state index contributed by atoms with van der Waals surface area (Å²) in [6.07, 6.45) is 1.86. The van der Waals surface area contributed by atoms with Crippen LogP contribution in [-0.4, -0.2) is 32.9 Å². The molecule has 0 fully saturated rings. The fourth-order valence-corrected chi connectivity index (χ4v) is 4.25. The molecule has 7 nitrogen and oxygen atoms in total. The monoisotopic (exact) mass is 438 g/mol.